The number of aromatic amines is 2. The van der Waals surface area contributed by atoms with Crippen LogP contribution in [0.4, 0.5) is 22.7 Å². The van der Waals surface area contributed by atoms with Gasteiger partial charge in [0.25, 0.3) is 0 Å². The molecule has 20 heteroatoms. The van der Waals surface area contributed by atoms with Crippen molar-refractivity contribution >= 4 is 66.9 Å². The Labute approximate surface area is 287 Å². The molecule has 20 nitrogen and oxygen atoms in total. The van der Waals surface area contributed by atoms with E-state index in [1.165, 1.54) is 0 Å². The highest BCUT2D eigenvalue weighted by Gasteiger charge is 2.23. The summed E-state index contributed by atoms with van der Waals surface area (Å²) >= 11 is 0. The Morgan fingerprint density at radius 2 is 0.692 bits per heavy atom. The van der Waals surface area contributed by atoms with E-state index in [1.54, 1.807) is 72.8 Å². The lowest BCUT2D eigenvalue weighted by atomic mass is 10.1. The Kier molecular flexibility index (Phi) is 6.59. The van der Waals surface area contributed by atoms with Gasteiger partial charge in [-0.15, -0.1) is 0 Å². The van der Waals surface area contributed by atoms with Crippen molar-refractivity contribution in [2.24, 2.45) is 20.5 Å². The van der Waals surface area contributed by atoms with Crippen molar-refractivity contribution in [3.05, 3.63) is 115 Å². The van der Waals surface area contributed by atoms with Gasteiger partial charge in [-0.3, -0.25) is 0 Å². The molecule has 0 spiro atoms. The molecule has 0 saturated carbocycles. The van der Waals surface area contributed by atoms with E-state index >= 15 is 0 Å². The van der Waals surface area contributed by atoms with E-state index in [4.69, 9.17) is 52.0 Å². The summed E-state index contributed by atoms with van der Waals surface area (Å²) in [5.41, 5.74) is 41.8. The van der Waals surface area contributed by atoms with E-state index in [0.717, 1.165) is 0 Å². The Bertz CT molecular complexity index is 2900. The molecule has 0 radical (unpaired) electrons. The number of hydrogen-bond donors (Lipinski definition) is 2. The van der Waals surface area contributed by atoms with Crippen molar-refractivity contribution in [2.45, 2.75) is 0 Å². The summed E-state index contributed by atoms with van der Waals surface area (Å²) in [5.74, 6) is 1.12. The number of aromatic nitrogens is 8. The number of hydrogen-bond acceptors (Lipinski definition) is 10. The van der Waals surface area contributed by atoms with Gasteiger partial charge in [-0.1, -0.05) is 56.9 Å². The van der Waals surface area contributed by atoms with Gasteiger partial charge in [0.05, 0.1) is 0 Å². The minimum Gasteiger partial charge on any atom is -0.324 e. The zero-order valence-electron chi connectivity index (χ0n) is 26.0. The average Bonchev–Trinajstić information content (AvgIpc) is 3.87. The molecule has 8 bridgehead atoms. The third kappa shape index (κ3) is 4.76. The van der Waals surface area contributed by atoms with Crippen LogP contribution in [0.3, 0.4) is 0 Å². The number of fused-ring (bicyclic) bond motifs is 20. The number of nitrogens with zero attached hydrogens (tertiary/aromatic N) is 18. The number of nitrogens with one attached hydrogen (secondary N) is 2. The van der Waals surface area contributed by atoms with Gasteiger partial charge in [0.1, 0.15) is 22.6 Å². The van der Waals surface area contributed by atoms with Gasteiger partial charge in [-0.25, -0.2) is 29.9 Å². The standard InChI is InChI=1S/C32H14N20/c33-49-45-13-1-5-17-21(9-13)29-37-25(17)41-30-22-10-14(46-50-34)2-6-18(22)27(38-30)43-32-24-12-16(48-52-36)4-8-20(24)28(40-32)44-31-23-11-15(47-51-35)3-7-19(23)26(39-31)42-29/h1-12H,(H2,37,38,39,40,41,42,43,44). The normalized spacial score (nSPS) is 11.1. The van der Waals surface area contributed by atoms with Gasteiger partial charge in [-0.05, 0) is 58.5 Å². The van der Waals surface area contributed by atoms with Gasteiger partial charge in [-0.2, -0.15) is 0 Å². The van der Waals surface area contributed by atoms with Crippen LogP contribution in [0.25, 0.3) is 131 Å². The lowest BCUT2D eigenvalue weighted by molar-refractivity contribution is 1.19. The van der Waals surface area contributed by atoms with E-state index < -0.39 is 0 Å². The highest BCUT2D eigenvalue weighted by atomic mass is 15.2. The summed E-state index contributed by atoms with van der Waals surface area (Å²) in [6, 6.07) is 20.3. The van der Waals surface area contributed by atoms with Gasteiger partial charge < -0.3 is 9.97 Å². The van der Waals surface area contributed by atoms with Crippen LogP contribution >= 0.6 is 0 Å². The summed E-state index contributed by atoms with van der Waals surface area (Å²) in [5, 5.41) is 17.5. The molecule has 7 aromatic rings. The fourth-order valence-electron chi connectivity index (χ4n) is 6.20. The topological polar surface area (TPSA) is 304 Å². The van der Waals surface area contributed by atoms with Crippen LogP contribution in [-0.2, 0) is 0 Å². The molecular weight excluding hydrogens is 664 g/mol. The zero-order chi connectivity index (χ0) is 35.3. The molecule has 2 N–H and O–H groups in total. The maximum Gasteiger partial charge on any atom is 0.164 e. The molecule has 4 aromatic carbocycles. The SMILES string of the molecule is [N-]=[N+]=Nc1ccc2c(c1)-c1nc-2nc2[nH]c(nc3nc(nc4[nH]c(n1)c1ccc(N=[N+]=[N-])cc41)-c1ccc(N=[N+]=[N-])cc1-3)c1ccc(N=[N+]=[N-])cc21. The fourth-order valence-corrected chi connectivity index (χ4v) is 6.20. The zero-order valence-corrected chi connectivity index (χ0v) is 26.0. The highest BCUT2D eigenvalue weighted by molar-refractivity contribution is 6.07. The smallest absolute Gasteiger partial charge is 0.164 e. The summed E-state index contributed by atoms with van der Waals surface area (Å²) in [6.07, 6.45) is 0. The van der Waals surface area contributed by atoms with Crippen LogP contribution in [0.1, 0.15) is 0 Å². The Morgan fingerprint density at radius 3 is 1.08 bits per heavy atom. The predicted octanol–water partition coefficient (Wildman–Crippen LogP) is 10.6. The van der Waals surface area contributed by atoms with E-state index in [2.05, 4.69) is 50.1 Å². The molecule has 5 heterocycles. The predicted molar refractivity (Wildman–Crippen MR) is 191 cm³/mol. The summed E-state index contributed by atoms with van der Waals surface area (Å²) < 4.78 is 0. The van der Waals surface area contributed by atoms with E-state index in [-0.39, 0.29) is 11.6 Å². The maximum absolute atomic E-state index is 9.15. The lowest BCUT2D eigenvalue weighted by Gasteiger charge is -1.99. The first-order valence-corrected chi connectivity index (χ1v) is 15.1. The van der Waals surface area contributed by atoms with Crippen LogP contribution in [0.2, 0.25) is 0 Å². The van der Waals surface area contributed by atoms with Crippen LogP contribution < -0.4 is 0 Å². The minimum absolute atomic E-state index is 0.268. The van der Waals surface area contributed by atoms with Crippen LogP contribution in [0, 0.1) is 0 Å². The first-order valence-electron chi connectivity index (χ1n) is 15.1. The Morgan fingerprint density at radius 1 is 0.365 bits per heavy atom. The van der Waals surface area contributed by atoms with Gasteiger partial charge in [0.15, 0.2) is 23.3 Å². The van der Waals surface area contributed by atoms with Gasteiger partial charge in [0, 0.05) is 86.2 Å². The second-order valence-corrected chi connectivity index (χ2v) is 11.3. The van der Waals surface area contributed by atoms with Crippen molar-refractivity contribution in [3.63, 3.8) is 0 Å². The van der Waals surface area contributed by atoms with Crippen molar-refractivity contribution in [1.29, 1.82) is 0 Å². The molecule has 0 amide bonds. The molecule has 9 rings (SSSR count). The second kappa shape index (κ2) is 11.6. The molecule has 0 unspecified atom stereocenters. The molecule has 0 atom stereocenters. The monoisotopic (exact) mass is 678 g/mol. The van der Waals surface area contributed by atoms with E-state index in [0.29, 0.717) is 101 Å². The molecule has 242 valence electrons. The summed E-state index contributed by atoms with van der Waals surface area (Å²) in [7, 11) is 0. The summed E-state index contributed by atoms with van der Waals surface area (Å²) in [4.78, 5) is 47.6. The summed E-state index contributed by atoms with van der Waals surface area (Å²) in [6.45, 7) is 0. The molecule has 0 aliphatic carbocycles. The van der Waals surface area contributed by atoms with Crippen molar-refractivity contribution in [3.8, 4) is 45.6 Å². The van der Waals surface area contributed by atoms with Gasteiger partial charge in [0.2, 0.25) is 0 Å². The third-order valence-corrected chi connectivity index (χ3v) is 8.41. The Balaban J connectivity index is 1.48. The average molecular weight is 679 g/mol. The van der Waals surface area contributed by atoms with Crippen molar-refractivity contribution < 1.29 is 0 Å². The van der Waals surface area contributed by atoms with Crippen molar-refractivity contribution in [2.75, 3.05) is 0 Å². The number of azide groups is 4. The van der Waals surface area contributed by atoms with Crippen LogP contribution in [0.5, 0.6) is 0 Å². The maximum atomic E-state index is 9.15. The first-order chi connectivity index (χ1) is 25.5. The van der Waals surface area contributed by atoms with Gasteiger partial charge >= 0.3 is 0 Å². The molecule has 2 aliphatic heterocycles. The molecule has 3 aromatic heterocycles. The van der Waals surface area contributed by atoms with Crippen LogP contribution in [0.15, 0.2) is 93.3 Å². The highest BCUT2D eigenvalue weighted by Crippen LogP contribution is 2.40. The largest absolute Gasteiger partial charge is 0.324 e. The number of H-pyrrole nitrogens is 2. The molecular formula is C32H14N20. The molecule has 0 saturated heterocycles. The van der Waals surface area contributed by atoms with E-state index in [9.17, 15) is 0 Å². The third-order valence-electron chi connectivity index (χ3n) is 8.41. The lowest BCUT2D eigenvalue weighted by Crippen LogP contribution is -1.83. The number of rotatable bonds is 4. The quantitative estimate of drug-likeness (QED) is 0.103. The fraction of sp³-hybridized carbons (Fsp3) is 0. The second-order valence-electron chi connectivity index (χ2n) is 11.3. The van der Waals surface area contributed by atoms with Crippen LogP contribution in [-0.4, -0.2) is 39.9 Å². The van der Waals surface area contributed by atoms with E-state index in [1.807, 2.05) is 0 Å². The molecule has 52 heavy (non-hydrogen) atoms. The minimum atomic E-state index is 0.268. The molecule has 2 aliphatic rings. The first kappa shape index (κ1) is 29.6. The molecule has 0 fully saturated rings. The number of benzene rings is 4. The van der Waals surface area contributed by atoms with Crippen molar-refractivity contribution in [1.82, 2.24) is 39.9 Å². The Hall–Kier alpha value is -8.52.